The predicted molar refractivity (Wildman–Crippen MR) is 129 cm³/mol. The smallest absolute Gasteiger partial charge is 0.270 e. The fourth-order valence-electron chi connectivity index (χ4n) is 4.50. The van der Waals surface area contributed by atoms with E-state index in [0.29, 0.717) is 12.5 Å². The van der Waals surface area contributed by atoms with Gasteiger partial charge in [0.25, 0.3) is 5.91 Å². The highest BCUT2D eigenvalue weighted by Gasteiger charge is 2.39. The normalized spacial score (nSPS) is 16.1. The third-order valence-electron chi connectivity index (χ3n) is 6.51. The van der Waals surface area contributed by atoms with Crippen molar-refractivity contribution in [2.24, 2.45) is 0 Å². The summed E-state index contributed by atoms with van der Waals surface area (Å²) < 4.78 is 12.3. The highest BCUT2D eigenvalue weighted by molar-refractivity contribution is 5.91. The van der Waals surface area contributed by atoms with Crippen molar-refractivity contribution < 1.29 is 14.3 Å². The molecule has 1 fully saturated rings. The Kier molecular flexibility index (Phi) is 5.29. The molecule has 0 unspecified atom stereocenters. The molecule has 6 heteroatoms. The molecule has 33 heavy (non-hydrogen) atoms. The molecular formula is C27H27N3O3. The van der Waals surface area contributed by atoms with E-state index in [1.165, 1.54) is 10.8 Å². The second-order valence-electron chi connectivity index (χ2n) is 8.52. The van der Waals surface area contributed by atoms with Crippen LogP contribution in [0.15, 0.2) is 67.3 Å². The number of benzene rings is 2. The molecule has 0 aliphatic heterocycles. The third-order valence-corrected chi connectivity index (χ3v) is 6.51. The van der Waals surface area contributed by atoms with Gasteiger partial charge in [0.15, 0.2) is 5.82 Å². The Morgan fingerprint density at radius 1 is 1.06 bits per heavy atom. The second-order valence-corrected chi connectivity index (χ2v) is 8.52. The van der Waals surface area contributed by atoms with Gasteiger partial charge in [-0.1, -0.05) is 43.0 Å². The zero-order valence-corrected chi connectivity index (χ0v) is 18.9. The van der Waals surface area contributed by atoms with Gasteiger partial charge in [0, 0.05) is 23.4 Å². The first-order valence-corrected chi connectivity index (χ1v) is 11.1. The van der Waals surface area contributed by atoms with Crippen molar-refractivity contribution in [2.75, 3.05) is 19.5 Å². The van der Waals surface area contributed by atoms with Crippen LogP contribution in [-0.2, 0) is 11.8 Å². The van der Waals surface area contributed by atoms with Gasteiger partial charge in [0.2, 0.25) is 0 Å². The van der Waals surface area contributed by atoms with E-state index in [0.717, 1.165) is 52.5 Å². The Balaban J connectivity index is 1.67. The summed E-state index contributed by atoms with van der Waals surface area (Å²) in [6.45, 7) is 3.68. The predicted octanol–water partition coefficient (Wildman–Crippen LogP) is 4.86. The van der Waals surface area contributed by atoms with Gasteiger partial charge in [-0.15, -0.1) is 5.10 Å². The summed E-state index contributed by atoms with van der Waals surface area (Å²) in [5.41, 5.74) is 3.56. The summed E-state index contributed by atoms with van der Waals surface area (Å²) >= 11 is 0. The number of fused-ring (bicyclic) bond motifs is 1. The minimum Gasteiger partial charge on any atom is -0.497 e. The number of methoxy groups -OCH3 is 2. The number of nitrogens with zero attached hydrogens (tertiary/aromatic N) is 2. The van der Waals surface area contributed by atoms with Gasteiger partial charge in [-0.25, -0.2) is 0 Å². The lowest BCUT2D eigenvalue weighted by Crippen LogP contribution is -2.32. The molecule has 0 saturated heterocycles. The van der Waals surface area contributed by atoms with Crippen molar-refractivity contribution >= 4 is 17.8 Å². The molecular weight excluding hydrogens is 414 g/mol. The monoisotopic (exact) mass is 441 g/mol. The first kappa shape index (κ1) is 21.1. The summed E-state index contributed by atoms with van der Waals surface area (Å²) in [7, 11) is 3.32. The van der Waals surface area contributed by atoms with Gasteiger partial charge >= 0.3 is 0 Å². The number of anilines is 1. The highest BCUT2D eigenvalue weighted by atomic mass is 16.5. The van der Waals surface area contributed by atoms with Crippen molar-refractivity contribution in [3.05, 3.63) is 89.6 Å². The van der Waals surface area contributed by atoms with Crippen LogP contribution in [0.1, 0.15) is 40.0 Å². The van der Waals surface area contributed by atoms with Crippen LogP contribution in [0, 0.1) is 0 Å². The lowest BCUT2D eigenvalue weighted by atomic mass is 9.68. The number of carbonyl (C=O) groups excluding carboxylic acids is 1. The van der Waals surface area contributed by atoms with Gasteiger partial charge < -0.3 is 14.8 Å². The van der Waals surface area contributed by atoms with Crippen LogP contribution in [0.2, 0.25) is 0 Å². The van der Waals surface area contributed by atoms with E-state index < -0.39 is 5.41 Å². The molecule has 0 bridgehead atoms. The van der Waals surface area contributed by atoms with E-state index >= 15 is 0 Å². The average molecular weight is 442 g/mol. The summed E-state index contributed by atoms with van der Waals surface area (Å²) in [5.74, 6) is 2.12. The topological polar surface area (TPSA) is 65.4 Å². The standard InChI is InChI=1S/C27H27N3O3/c1-4-25(31)30-24-17-27(18-5-11-21(32-2)12-6-18,19-7-13-22(33-3)14-8-19)16-15-23(24)26(29-30)28-20-9-10-20/h4-8,11-16,20H,1,9-10,17H2,2-3H3,(H,28,29). The maximum Gasteiger partial charge on any atom is 0.270 e. The van der Waals surface area contributed by atoms with Crippen LogP contribution < -0.4 is 14.8 Å². The van der Waals surface area contributed by atoms with Crippen LogP contribution in [0.3, 0.4) is 0 Å². The third kappa shape index (κ3) is 3.71. The quantitative estimate of drug-likeness (QED) is 0.531. The van der Waals surface area contributed by atoms with Crippen LogP contribution >= 0.6 is 0 Å². The second kappa shape index (κ2) is 8.28. The first-order valence-electron chi connectivity index (χ1n) is 11.1. The van der Waals surface area contributed by atoms with E-state index in [-0.39, 0.29) is 5.91 Å². The molecule has 6 nitrogen and oxygen atoms in total. The van der Waals surface area contributed by atoms with Crippen molar-refractivity contribution in [1.29, 1.82) is 0 Å². The molecule has 2 aliphatic carbocycles. The number of aromatic nitrogens is 2. The Bertz CT molecular complexity index is 1170. The summed E-state index contributed by atoms with van der Waals surface area (Å²) in [6.07, 6.45) is 8.47. The van der Waals surface area contributed by atoms with Crippen molar-refractivity contribution in [3.8, 4) is 11.5 Å². The maximum atomic E-state index is 12.7. The molecule has 5 rings (SSSR count). The van der Waals surface area contributed by atoms with Crippen LogP contribution in [0.5, 0.6) is 11.5 Å². The van der Waals surface area contributed by atoms with Gasteiger partial charge in [-0.2, -0.15) is 4.68 Å². The number of hydrogen-bond acceptors (Lipinski definition) is 5. The first-order chi connectivity index (χ1) is 16.1. The minimum atomic E-state index is -0.484. The highest BCUT2D eigenvalue weighted by Crippen LogP contribution is 2.44. The molecule has 0 atom stereocenters. The zero-order chi connectivity index (χ0) is 23.0. The molecule has 1 saturated carbocycles. The van der Waals surface area contributed by atoms with Gasteiger partial charge in [-0.05, 0) is 54.3 Å². The summed E-state index contributed by atoms with van der Waals surface area (Å²) in [5, 5.41) is 8.12. The lowest BCUT2D eigenvalue weighted by molar-refractivity contribution is 0.0950. The van der Waals surface area contributed by atoms with E-state index in [9.17, 15) is 4.79 Å². The molecule has 3 aromatic rings. The molecule has 1 aromatic heterocycles. The number of hydrogen-bond donors (Lipinski definition) is 1. The van der Waals surface area contributed by atoms with Gasteiger partial charge in [-0.3, -0.25) is 4.79 Å². The molecule has 0 radical (unpaired) electrons. The maximum absolute atomic E-state index is 12.7. The number of nitrogens with one attached hydrogen (secondary N) is 1. The number of rotatable bonds is 7. The Hall–Kier alpha value is -3.80. The molecule has 1 heterocycles. The SMILES string of the molecule is C=CC(=O)n1nc(NC2CC2)c2c1CC(c1ccc(OC)cc1)(c1ccc(OC)cc1)C=C2. The Morgan fingerprint density at radius 3 is 2.12 bits per heavy atom. The van der Waals surface area contributed by atoms with E-state index in [1.54, 1.807) is 14.2 Å². The Labute approximate surface area is 193 Å². The zero-order valence-electron chi connectivity index (χ0n) is 18.9. The molecule has 1 N–H and O–H groups in total. The molecule has 2 aromatic carbocycles. The van der Waals surface area contributed by atoms with Crippen LogP contribution in [-0.4, -0.2) is 35.9 Å². The largest absolute Gasteiger partial charge is 0.497 e. The van der Waals surface area contributed by atoms with E-state index in [1.807, 2.05) is 24.3 Å². The van der Waals surface area contributed by atoms with Gasteiger partial charge in [0.1, 0.15) is 11.5 Å². The minimum absolute atomic E-state index is 0.233. The summed E-state index contributed by atoms with van der Waals surface area (Å²) in [4.78, 5) is 12.7. The van der Waals surface area contributed by atoms with Crippen molar-refractivity contribution in [1.82, 2.24) is 9.78 Å². The number of ether oxygens (including phenoxy) is 2. The van der Waals surface area contributed by atoms with Crippen molar-refractivity contribution in [3.63, 3.8) is 0 Å². The number of carbonyl (C=O) groups is 1. The Morgan fingerprint density at radius 2 is 1.64 bits per heavy atom. The van der Waals surface area contributed by atoms with Gasteiger partial charge in [0.05, 0.1) is 19.9 Å². The van der Waals surface area contributed by atoms with Crippen LogP contribution in [0.4, 0.5) is 5.82 Å². The molecule has 0 spiro atoms. The van der Waals surface area contributed by atoms with Crippen molar-refractivity contribution in [2.45, 2.75) is 30.7 Å². The summed E-state index contributed by atoms with van der Waals surface area (Å²) in [6, 6.07) is 16.6. The average Bonchev–Trinajstić information content (AvgIpc) is 3.63. The molecule has 2 aliphatic rings. The van der Waals surface area contributed by atoms with Crippen LogP contribution in [0.25, 0.3) is 6.08 Å². The number of allylic oxidation sites excluding steroid dienone is 2. The van der Waals surface area contributed by atoms with E-state index in [2.05, 4.69) is 53.4 Å². The van der Waals surface area contributed by atoms with E-state index in [4.69, 9.17) is 9.47 Å². The lowest BCUT2D eigenvalue weighted by Gasteiger charge is -2.35. The fourth-order valence-corrected chi connectivity index (χ4v) is 4.50. The molecule has 168 valence electrons. The fraction of sp³-hybridized carbons (Fsp3) is 0.259. The molecule has 0 amide bonds.